The monoisotopic (exact) mass is 311 g/mol. The van der Waals surface area contributed by atoms with Crippen molar-refractivity contribution in [2.45, 2.75) is 26.2 Å². The highest BCUT2D eigenvalue weighted by Crippen LogP contribution is 2.18. The third kappa shape index (κ3) is 3.50. The molecular weight excluding hydrogens is 290 g/mol. The number of H-pyrrole nitrogens is 1. The molecule has 2 aromatic heterocycles. The zero-order chi connectivity index (χ0) is 16.2. The number of aromatic amines is 1. The van der Waals surface area contributed by atoms with Crippen LogP contribution in [0.15, 0.2) is 41.5 Å². The third-order valence-corrected chi connectivity index (χ3v) is 4.44. The Balaban J connectivity index is 1.83. The quantitative estimate of drug-likeness (QED) is 0.927. The average Bonchev–Trinajstić information content (AvgIpc) is 2.79. The lowest BCUT2D eigenvalue weighted by Crippen LogP contribution is -2.35. The Kier molecular flexibility index (Phi) is 4.55. The van der Waals surface area contributed by atoms with Crippen molar-refractivity contribution in [2.75, 3.05) is 13.1 Å². The highest BCUT2D eigenvalue weighted by Gasteiger charge is 2.21. The number of nitrogens with one attached hydrogen (secondary N) is 1. The maximum atomic E-state index is 12.6. The summed E-state index contributed by atoms with van der Waals surface area (Å²) in [6.07, 6.45) is 6.48. The SMILES string of the molecule is C[C@H]1CCCN(C(=O)c2ccc(-c3ccncc3)[nH]c2=O)CC1. The van der Waals surface area contributed by atoms with E-state index in [1.807, 2.05) is 12.1 Å². The topological polar surface area (TPSA) is 66.1 Å². The smallest absolute Gasteiger partial charge is 0.261 e. The van der Waals surface area contributed by atoms with Crippen LogP contribution in [0.5, 0.6) is 0 Å². The number of hydrogen-bond donors (Lipinski definition) is 1. The molecule has 1 atom stereocenters. The molecule has 0 spiro atoms. The molecule has 5 heteroatoms. The Morgan fingerprint density at radius 1 is 1.17 bits per heavy atom. The molecule has 120 valence electrons. The highest BCUT2D eigenvalue weighted by atomic mass is 16.2. The fraction of sp³-hybridized carbons (Fsp3) is 0.389. The summed E-state index contributed by atoms with van der Waals surface area (Å²) in [5.41, 5.74) is 1.46. The molecule has 23 heavy (non-hydrogen) atoms. The summed E-state index contributed by atoms with van der Waals surface area (Å²) in [5, 5.41) is 0. The minimum Gasteiger partial charge on any atom is -0.338 e. The lowest BCUT2D eigenvalue weighted by Gasteiger charge is -2.20. The van der Waals surface area contributed by atoms with Crippen LogP contribution in [-0.4, -0.2) is 33.9 Å². The van der Waals surface area contributed by atoms with Crippen molar-refractivity contribution < 1.29 is 4.79 Å². The van der Waals surface area contributed by atoms with Gasteiger partial charge in [0.15, 0.2) is 0 Å². The summed E-state index contributed by atoms with van der Waals surface area (Å²) < 4.78 is 0. The molecule has 5 nitrogen and oxygen atoms in total. The number of hydrogen-bond acceptors (Lipinski definition) is 3. The Bertz CT molecular complexity index is 739. The van der Waals surface area contributed by atoms with E-state index in [-0.39, 0.29) is 17.0 Å². The first-order valence-electron chi connectivity index (χ1n) is 8.08. The highest BCUT2D eigenvalue weighted by molar-refractivity contribution is 5.94. The van der Waals surface area contributed by atoms with Crippen molar-refractivity contribution in [3.8, 4) is 11.3 Å². The van der Waals surface area contributed by atoms with Gasteiger partial charge in [-0.05, 0) is 49.4 Å². The molecular formula is C18H21N3O2. The van der Waals surface area contributed by atoms with Gasteiger partial charge in [0.25, 0.3) is 11.5 Å². The van der Waals surface area contributed by atoms with Crippen LogP contribution in [0.4, 0.5) is 0 Å². The van der Waals surface area contributed by atoms with E-state index >= 15 is 0 Å². The van der Waals surface area contributed by atoms with Crippen molar-refractivity contribution in [3.63, 3.8) is 0 Å². The summed E-state index contributed by atoms with van der Waals surface area (Å²) in [6, 6.07) is 7.06. The fourth-order valence-electron chi connectivity index (χ4n) is 2.98. The van der Waals surface area contributed by atoms with Gasteiger partial charge < -0.3 is 9.88 Å². The molecule has 0 bridgehead atoms. The van der Waals surface area contributed by atoms with E-state index in [0.717, 1.165) is 37.9 Å². The van der Waals surface area contributed by atoms with Gasteiger partial charge in [-0.25, -0.2) is 0 Å². The number of nitrogens with zero attached hydrogens (tertiary/aromatic N) is 2. The second kappa shape index (κ2) is 6.77. The number of amides is 1. The maximum Gasteiger partial charge on any atom is 0.261 e. The van der Waals surface area contributed by atoms with Crippen LogP contribution in [0, 0.1) is 5.92 Å². The zero-order valence-corrected chi connectivity index (χ0v) is 13.3. The summed E-state index contributed by atoms with van der Waals surface area (Å²) in [7, 11) is 0. The van der Waals surface area contributed by atoms with E-state index < -0.39 is 0 Å². The first-order valence-corrected chi connectivity index (χ1v) is 8.08. The number of pyridine rings is 2. The van der Waals surface area contributed by atoms with Crippen LogP contribution in [0.1, 0.15) is 36.5 Å². The second-order valence-electron chi connectivity index (χ2n) is 6.18. The molecule has 0 aromatic carbocycles. The number of carbonyl (C=O) groups excluding carboxylic acids is 1. The van der Waals surface area contributed by atoms with Crippen LogP contribution >= 0.6 is 0 Å². The summed E-state index contributed by atoms with van der Waals surface area (Å²) >= 11 is 0. The van der Waals surface area contributed by atoms with Crippen LogP contribution in [-0.2, 0) is 0 Å². The predicted molar refractivity (Wildman–Crippen MR) is 89.2 cm³/mol. The molecule has 0 unspecified atom stereocenters. The molecule has 3 heterocycles. The molecule has 0 radical (unpaired) electrons. The first-order chi connectivity index (χ1) is 11.1. The molecule has 3 rings (SSSR count). The number of carbonyl (C=O) groups is 1. The minimum absolute atomic E-state index is 0.165. The van der Waals surface area contributed by atoms with E-state index in [9.17, 15) is 9.59 Å². The zero-order valence-electron chi connectivity index (χ0n) is 13.3. The summed E-state index contributed by atoms with van der Waals surface area (Å²) in [5.74, 6) is 0.474. The van der Waals surface area contributed by atoms with Gasteiger partial charge in [-0.1, -0.05) is 6.92 Å². The lowest BCUT2D eigenvalue weighted by atomic mass is 10.0. The first kappa shape index (κ1) is 15.5. The number of aromatic nitrogens is 2. The van der Waals surface area contributed by atoms with Gasteiger partial charge >= 0.3 is 0 Å². The molecule has 0 aliphatic carbocycles. The molecule has 1 amide bonds. The van der Waals surface area contributed by atoms with Gasteiger partial charge in [0.05, 0.1) is 0 Å². The molecule has 1 fully saturated rings. The van der Waals surface area contributed by atoms with Gasteiger partial charge in [-0.3, -0.25) is 14.6 Å². The fourth-order valence-corrected chi connectivity index (χ4v) is 2.98. The summed E-state index contributed by atoms with van der Waals surface area (Å²) in [4.78, 5) is 33.5. The maximum absolute atomic E-state index is 12.6. The molecule has 1 N–H and O–H groups in total. The lowest BCUT2D eigenvalue weighted by molar-refractivity contribution is 0.0758. The summed E-state index contributed by atoms with van der Waals surface area (Å²) in [6.45, 7) is 3.67. The van der Waals surface area contributed by atoms with Gasteiger partial charge in [-0.2, -0.15) is 0 Å². The Morgan fingerprint density at radius 2 is 1.96 bits per heavy atom. The molecule has 1 aliphatic heterocycles. The van der Waals surface area contributed by atoms with Crippen LogP contribution in [0.25, 0.3) is 11.3 Å². The van der Waals surface area contributed by atoms with Gasteiger partial charge in [0.2, 0.25) is 0 Å². The van der Waals surface area contributed by atoms with Crippen LogP contribution < -0.4 is 5.56 Å². The van der Waals surface area contributed by atoms with Gasteiger partial charge in [-0.15, -0.1) is 0 Å². The molecule has 1 aliphatic rings. The van der Waals surface area contributed by atoms with Crippen LogP contribution in [0.3, 0.4) is 0 Å². The van der Waals surface area contributed by atoms with E-state index in [0.29, 0.717) is 11.6 Å². The van der Waals surface area contributed by atoms with Crippen LogP contribution in [0.2, 0.25) is 0 Å². The Hall–Kier alpha value is -2.43. The van der Waals surface area contributed by atoms with Crippen molar-refractivity contribution in [1.29, 1.82) is 0 Å². The standard InChI is InChI=1S/C18H21N3O2/c1-13-3-2-11-21(12-8-13)18(23)15-4-5-16(20-17(15)22)14-6-9-19-10-7-14/h4-7,9-10,13H,2-3,8,11-12H2,1H3,(H,20,22)/t13-/m0/s1. The number of likely N-dealkylation sites (tertiary alicyclic amines) is 1. The molecule has 1 saturated heterocycles. The van der Waals surface area contributed by atoms with E-state index in [1.165, 1.54) is 0 Å². The Labute approximate surface area is 135 Å². The van der Waals surface area contributed by atoms with E-state index in [2.05, 4.69) is 16.9 Å². The van der Waals surface area contributed by atoms with Crippen molar-refractivity contribution in [2.24, 2.45) is 5.92 Å². The molecule has 2 aromatic rings. The number of rotatable bonds is 2. The molecule has 0 saturated carbocycles. The van der Waals surface area contributed by atoms with Crippen molar-refractivity contribution in [1.82, 2.24) is 14.9 Å². The van der Waals surface area contributed by atoms with Gasteiger partial charge in [0, 0.05) is 36.7 Å². The van der Waals surface area contributed by atoms with Crippen molar-refractivity contribution in [3.05, 3.63) is 52.6 Å². The Morgan fingerprint density at radius 3 is 2.70 bits per heavy atom. The average molecular weight is 311 g/mol. The second-order valence-corrected chi connectivity index (χ2v) is 6.18. The normalized spacial score (nSPS) is 18.5. The van der Waals surface area contributed by atoms with Crippen molar-refractivity contribution >= 4 is 5.91 Å². The third-order valence-electron chi connectivity index (χ3n) is 4.44. The van der Waals surface area contributed by atoms with Gasteiger partial charge in [0.1, 0.15) is 5.56 Å². The van der Waals surface area contributed by atoms with E-state index in [4.69, 9.17) is 0 Å². The predicted octanol–water partition coefficient (Wildman–Crippen LogP) is 2.70. The van der Waals surface area contributed by atoms with E-state index in [1.54, 1.807) is 29.4 Å². The minimum atomic E-state index is -0.332. The largest absolute Gasteiger partial charge is 0.338 e.